The summed E-state index contributed by atoms with van der Waals surface area (Å²) in [4.78, 5) is 24.2. The van der Waals surface area contributed by atoms with Gasteiger partial charge in [-0.2, -0.15) is 0 Å². The van der Waals surface area contributed by atoms with Crippen LogP contribution in [0.5, 0.6) is 0 Å². The highest BCUT2D eigenvalue weighted by molar-refractivity contribution is 6.39. The van der Waals surface area contributed by atoms with Gasteiger partial charge in [0.15, 0.2) is 0 Å². The monoisotopic (exact) mass is 366 g/mol. The van der Waals surface area contributed by atoms with Crippen molar-refractivity contribution in [1.29, 1.82) is 0 Å². The molecule has 6 nitrogen and oxygen atoms in total. The van der Waals surface area contributed by atoms with Crippen molar-refractivity contribution in [3.05, 3.63) is 65.4 Å². The lowest BCUT2D eigenvalue weighted by molar-refractivity contribution is -0.136. The molecule has 0 spiro atoms. The molecular formula is C21H22N2O4. The van der Waals surface area contributed by atoms with Gasteiger partial charge in [-0.05, 0) is 56.2 Å². The van der Waals surface area contributed by atoms with Gasteiger partial charge in [-0.3, -0.25) is 9.59 Å². The van der Waals surface area contributed by atoms with Crippen molar-refractivity contribution in [2.24, 2.45) is 0 Å². The van der Waals surface area contributed by atoms with Gasteiger partial charge in [0.05, 0.1) is 6.54 Å². The molecule has 27 heavy (non-hydrogen) atoms. The number of benzene rings is 2. The third-order valence-electron chi connectivity index (χ3n) is 4.24. The lowest BCUT2D eigenvalue weighted by atomic mass is 10.0. The van der Waals surface area contributed by atoms with Crippen LogP contribution in [-0.4, -0.2) is 23.5 Å². The van der Waals surface area contributed by atoms with Crippen LogP contribution >= 0.6 is 0 Å². The number of aliphatic hydroxyl groups is 1. The Morgan fingerprint density at radius 2 is 1.70 bits per heavy atom. The standard InChI is InChI=1S/C21H22N2O4/c1-13-8-14(2)10-16(9-13)23-20(25)19(24)22-12-21(3,26)18-11-15-6-4-5-7-17(15)27-18/h4-11,26H,12H2,1-3H3,(H,22,24)(H,23,25). The molecule has 2 amide bonds. The Bertz CT molecular complexity index is 951. The molecule has 0 aliphatic heterocycles. The number of rotatable bonds is 4. The second-order valence-electron chi connectivity index (χ2n) is 6.94. The molecule has 0 saturated heterocycles. The Hall–Kier alpha value is -3.12. The summed E-state index contributed by atoms with van der Waals surface area (Å²) in [5.74, 6) is -1.30. The molecule has 0 aliphatic rings. The summed E-state index contributed by atoms with van der Waals surface area (Å²) >= 11 is 0. The molecule has 3 aromatic rings. The minimum absolute atomic E-state index is 0.161. The van der Waals surface area contributed by atoms with Gasteiger partial charge < -0.3 is 20.2 Å². The van der Waals surface area contributed by atoms with E-state index >= 15 is 0 Å². The Labute approximate surface area is 157 Å². The normalized spacial score (nSPS) is 13.2. The zero-order chi connectivity index (χ0) is 19.6. The van der Waals surface area contributed by atoms with Gasteiger partial charge in [0, 0.05) is 11.1 Å². The first-order valence-electron chi connectivity index (χ1n) is 8.63. The Kier molecular flexibility index (Phi) is 5.01. The molecule has 3 N–H and O–H groups in total. The van der Waals surface area contributed by atoms with Crippen LogP contribution in [0.3, 0.4) is 0 Å². The maximum absolute atomic E-state index is 12.1. The summed E-state index contributed by atoms with van der Waals surface area (Å²) < 4.78 is 5.65. The topological polar surface area (TPSA) is 91.6 Å². The lowest BCUT2D eigenvalue weighted by Gasteiger charge is -2.21. The summed E-state index contributed by atoms with van der Waals surface area (Å²) in [6, 6.07) is 14.6. The second kappa shape index (κ2) is 7.25. The zero-order valence-electron chi connectivity index (χ0n) is 15.5. The molecule has 3 rings (SSSR count). The van der Waals surface area contributed by atoms with E-state index in [9.17, 15) is 14.7 Å². The molecule has 2 aromatic carbocycles. The van der Waals surface area contributed by atoms with Crippen LogP contribution in [0, 0.1) is 13.8 Å². The van der Waals surface area contributed by atoms with Crippen molar-refractivity contribution in [3.8, 4) is 0 Å². The molecule has 1 aromatic heterocycles. The predicted octanol–water partition coefficient (Wildman–Crippen LogP) is 3.01. The number of amides is 2. The van der Waals surface area contributed by atoms with E-state index in [2.05, 4.69) is 10.6 Å². The largest absolute Gasteiger partial charge is 0.458 e. The van der Waals surface area contributed by atoms with Gasteiger partial charge in [-0.25, -0.2) is 0 Å². The highest BCUT2D eigenvalue weighted by Gasteiger charge is 2.29. The molecule has 1 unspecified atom stereocenters. The third-order valence-corrected chi connectivity index (χ3v) is 4.24. The van der Waals surface area contributed by atoms with Crippen LogP contribution in [-0.2, 0) is 15.2 Å². The number of aryl methyl sites for hydroxylation is 2. The van der Waals surface area contributed by atoms with E-state index in [0.29, 0.717) is 17.0 Å². The molecule has 6 heteroatoms. The van der Waals surface area contributed by atoms with Crippen molar-refractivity contribution in [1.82, 2.24) is 5.32 Å². The van der Waals surface area contributed by atoms with Crippen LogP contribution in [0.1, 0.15) is 23.8 Å². The molecule has 0 bridgehead atoms. The Balaban J connectivity index is 1.63. The summed E-state index contributed by atoms with van der Waals surface area (Å²) in [6.07, 6.45) is 0. The molecule has 0 radical (unpaired) electrons. The lowest BCUT2D eigenvalue weighted by Crippen LogP contribution is -2.43. The number of hydrogen-bond donors (Lipinski definition) is 3. The quantitative estimate of drug-likeness (QED) is 0.619. The summed E-state index contributed by atoms with van der Waals surface area (Å²) in [7, 11) is 0. The first kappa shape index (κ1) is 18.7. The van der Waals surface area contributed by atoms with Crippen molar-refractivity contribution >= 4 is 28.5 Å². The van der Waals surface area contributed by atoms with E-state index in [1.54, 1.807) is 24.3 Å². The minimum atomic E-state index is -1.45. The van der Waals surface area contributed by atoms with Gasteiger partial charge in [0.25, 0.3) is 0 Å². The van der Waals surface area contributed by atoms with Gasteiger partial charge >= 0.3 is 11.8 Å². The van der Waals surface area contributed by atoms with Crippen LogP contribution in [0.15, 0.2) is 52.9 Å². The fourth-order valence-electron chi connectivity index (χ4n) is 2.90. The number of fused-ring (bicyclic) bond motifs is 1. The molecule has 0 aliphatic carbocycles. The Morgan fingerprint density at radius 1 is 1.04 bits per heavy atom. The highest BCUT2D eigenvalue weighted by Crippen LogP contribution is 2.27. The SMILES string of the molecule is Cc1cc(C)cc(NC(=O)C(=O)NCC(C)(O)c2cc3ccccc3o2)c1. The van der Waals surface area contributed by atoms with Gasteiger partial charge in [-0.1, -0.05) is 24.3 Å². The fourth-order valence-corrected chi connectivity index (χ4v) is 2.90. The molecule has 140 valence electrons. The van der Waals surface area contributed by atoms with Crippen LogP contribution in [0.25, 0.3) is 11.0 Å². The van der Waals surface area contributed by atoms with E-state index in [4.69, 9.17) is 4.42 Å². The average molecular weight is 366 g/mol. The molecule has 0 saturated carbocycles. The summed E-state index contributed by atoms with van der Waals surface area (Å²) in [5, 5.41) is 16.5. The molecular weight excluding hydrogens is 344 g/mol. The van der Waals surface area contributed by atoms with Gasteiger partial charge in [-0.15, -0.1) is 0 Å². The second-order valence-corrected chi connectivity index (χ2v) is 6.94. The van der Waals surface area contributed by atoms with Crippen molar-refractivity contribution in [2.75, 3.05) is 11.9 Å². The molecule has 0 fully saturated rings. The number of nitrogens with one attached hydrogen (secondary N) is 2. The number of furan rings is 1. The highest BCUT2D eigenvalue weighted by atomic mass is 16.4. The van der Waals surface area contributed by atoms with Crippen LogP contribution in [0.2, 0.25) is 0 Å². The van der Waals surface area contributed by atoms with Crippen LogP contribution < -0.4 is 10.6 Å². The van der Waals surface area contributed by atoms with Crippen molar-refractivity contribution in [3.63, 3.8) is 0 Å². The smallest absolute Gasteiger partial charge is 0.313 e. The maximum atomic E-state index is 12.1. The number of para-hydroxylation sites is 1. The van der Waals surface area contributed by atoms with Gasteiger partial charge in [0.1, 0.15) is 16.9 Å². The number of anilines is 1. The van der Waals surface area contributed by atoms with E-state index in [-0.39, 0.29) is 6.54 Å². The summed E-state index contributed by atoms with van der Waals surface area (Å²) in [6.45, 7) is 5.18. The maximum Gasteiger partial charge on any atom is 0.313 e. The van der Waals surface area contributed by atoms with Crippen molar-refractivity contribution < 1.29 is 19.1 Å². The van der Waals surface area contributed by atoms with E-state index < -0.39 is 17.4 Å². The van der Waals surface area contributed by atoms with Crippen molar-refractivity contribution in [2.45, 2.75) is 26.4 Å². The van der Waals surface area contributed by atoms with E-state index in [1.807, 2.05) is 38.1 Å². The zero-order valence-corrected chi connectivity index (χ0v) is 15.5. The first-order valence-corrected chi connectivity index (χ1v) is 8.63. The van der Waals surface area contributed by atoms with Gasteiger partial charge in [0.2, 0.25) is 0 Å². The summed E-state index contributed by atoms with van der Waals surface area (Å²) in [5.41, 5.74) is 1.72. The van der Waals surface area contributed by atoms with E-state index in [1.165, 1.54) is 6.92 Å². The first-order chi connectivity index (χ1) is 12.7. The third kappa shape index (κ3) is 4.35. The minimum Gasteiger partial charge on any atom is -0.458 e. The number of carbonyl (C=O) groups excluding carboxylic acids is 2. The molecule has 1 heterocycles. The number of carbonyl (C=O) groups is 2. The fraction of sp³-hybridized carbons (Fsp3) is 0.238. The average Bonchev–Trinajstić information content (AvgIpc) is 3.04. The Morgan fingerprint density at radius 3 is 2.37 bits per heavy atom. The van der Waals surface area contributed by atoms with E-state index in [0.717, 1.165) is 16.5 Å². The number of hydrogen-bond acceptors (Lipinski definition) is 4. The van der Waals surface area contributed by atoms with Crippen LogP contribution in [0.4, 0.5) is 5.69 Å². The molecule has 1 atom stereocenters. The predicted molar refractivity (Wildman–Crippen MR) is 103 cm³/mol.